The lowest BCUT2D eigenvalue weighted by molar-refractivity contribution is 0.168. The first kappa shape index (κ1) is 11.6. The summed E-state index contributed by atoms with van der Waals surface area (Å²) >= 11 is 1.46. The van der Waals surface area contributed by atoms with Crippen LogP contribution in [0.15, 0.2) is 0 Å². The first-order chi connectivity index (χ1) is 6.83. The molecule has 14 heavy (non-hydrogen) atoms. The molecule has 0 fully saturated rings. The third-order valence-corrected chi connectivity index (χ3v) is 2.90. The van der Waals surface area contributed by atoms with Crippen LogP contribution in [-0.2, 0) is 11.2 Å². The molecule has 5 heteroatoms. The van der Waals surface area contributed by atoms with Crippen LogP contribution in [0.3, 0.4) is 0 Å². The molecule has 1 atom stereocenters. The largest absolute Gasteiger partial charge is 0.383 e. The smallest absolute Gasteiger partial charge is 0.0801 e. The molecule has 0 aliphatic carbocycles. The summed E-state index contributed by atoms with van der Waals surface area (Å²) in [5.74, 6) is 0. The number of hydrogen-bond acceptors (Lipinski definition) is 5. The summed E-state index contributed by atoms with van der Waals surface area (Å²) in [4.78, 5) is 1.20. The number of ether oxygens (including phenoxy) is 1. The number of hydrogen-bond donors (Lipinski definition) is 1. The maximum Gasteiger partial charge on any atom is 0.0801 e. The molecule has 1 aromatic heterocycles. The fourth-order valence-electron chi connectivity index (χ4n) is 1.37. The van der Waals surface area contributed by atoms with E-state index < -0.39 is 0 Å². The molecule has 0 aliphatic heterocycles. The summed E-state index contributed by atoms with van der Waals surface area (Å²) in [6.45, 7) is 5.78. The van der Waals surface area contributed by atoms with Crippen molar-refractivity contribution in [1.82, 2.24) is 14.9 Å². The average molecular weight is 215 g/mol. The highest BCUT2D eigenvalue weighted by molar-refractivity contribution is 7.05. The summed E-state index contributed by atoms with van der Waals surface area (Å²) in [7, 11) is 1.71. The molecule has 80 valence electrons. The SMILES string of the molecule is CCNC(COC)c1snnc1CC. The van der Waals surface area contributed by atoms with Gasteiger partial charge < -0.3 is 10.1 Å². The molecule has 1 unspecified atom stereocenters. The van der Waals surface area contributed by atoms with Crippen LogP contribution in [0.25, 0.3) is 0 Å². The number of likely N-dealkylation sites (N-methyl/N-ethyl adjacent to an activating group) is 1. The molecule has 0 amide bonds. The van der Waals surface area contributed by atoms with Gasteiger partial charge in [0.25, 0.3) is 0 Å². The maximum absolute atomic E-state index is 5.17. The van der Waals surface area contributed by atoms with E-state index in [2.05, 4.69) is 28.8 Å². The van der Waals surface area contributed by atoms with Gasteiger partial charge in [0.2, 0.25) is 0 Å². The minimum atomic E-state index is 0.236. The molecule has 1 heterocycles. The predicted octanol–water partition coefficient (Wildman–Crippen LogP) is 1.40. The second-order valence-corrected chi connectivity index (χ2v) is 3.79. The summed E-state index contributed by atoms with van der Waals surface area (Å²) in [5, 5.41) is 7.46. The van der Waals surface area contributed by atoms with Crippen molar-refractivity contribution in [3.05, 3.63) is 10.6 Å². The van der Waals surface area contributed by atoms with Crippen molar-refractivity contribution in [3.63, 3.8) is 0 Å². The molecule has 0 spiro atoms. The van der Waals surface area contributed by atoms with E-state index in [1.807, 2.05) is 0 Å². The van der Waals surface area contributed by atoms with Gasteiger partial charge in [-0.1, -0.05) is 18.3 Å². The summed E-state index contributed by atoms with van der Waals surface area (Å²) in [5.41, 5.74) is 1.08. The van der Waals surface area contributed by atoms with E-state index in [1.165, 1.54) is 16.4 Å². The Balaban J connectivity index is 2.75. The third-order valence-electron chi connectivity index (χ3n) is 2.02. The van der Waals surface area contributed by atoms with Crippen LogP contribution in [0.1, 0.15) is 30.5 Å². The van der Waals surface area contributed by atoms with Gasteiger partial charge in [0.05, 0.1) is 23.2 Å². The Morgan fingerprint density at radius 3 is 2.86 bits per heavy atom. The van der Waals surface area contributed by atoms with E-state index in [9.17, 15) is 0 Å². The van der Waals surface area contributed by atoms with Gasteiger partial charge in [-0.15, -0.1) is 5.10 Å². The molecule has 1 N–H and O–H groups in total. The highest BCUT2D eigenvalue weighted by atomic mass is 32.1. The molecule has 1 rings (SSSR count). The van der Waals surface area contributed by atoms with Crippen LogP contribution in [0.4, 0.5) is 0 Å². The predicted molar refractivity (Wildman–Crippen MR) is 57.6 cm³/mol. The van der Waals surface area contributed by atoms with E-state index in [1.54, 1.807) is 7.11 Å². The zero-order valence-corrected chi connectivity index (χ0v) is 9.73. The number of methoxy groups -OCH3 is 1. The quantitative estimate of drug-likeness (QED) is 0.779. The van der Waals surface area contributed by atoms with Gasteiger partial charge in [-0.25, -0.2) is 0 Å². The lowest BCUT2D eigenvalue weighted by Crippen LogP contribution is -2.24. The third kappa shape index (κ3) is 2.73. The molecule has 0 bridgehead atoms. The summed E-state index contributed by atoms with van der Waals surface area (Å²) in [6.07, 6.45) is 0.928. The lowest BCUT2D eigenvalue weighted by Gasteiger charge is -2.15. The molecule has 1 aromatic rings. The summed E-state index contributed by atoms with van der Waals surface area (Å²) < 4.78 is 9.14. The van der Waals surface area contributed by atoms with Gasteiger partial charge in [0, 0.05) is 7.11 Å². The second-order valence-electron chi connectivity index (χ2n) is 3.00. The zero-order valence-electron chi connectivity index (χ0n) is 8.91. The van der Waals surface area contributed by atoms with Crippen LogP contribution in [-0.4, -0.2) is 29.8 Å². The van der Waals surface area contributed by atoms with Crippen molar-refractivity contribution in [2.75, 3.05) is 20.3 Å². The van der Waals surface area contributed by atoms with Crippen molar-refractivity contribution < 1.29 is 4.74 Å². The fourth-order valence-corrected chi connectivity index (χ4v) is 2.16. The van der Waals surface area contributed by atoms with E-state index in [0.717, 1.165) is 18.7 Å². The number of rotatable bonds is 6. The van der Waals surface area contributed by atoms with Gasteiger partial charge in [0.15, 0.2) is 0 Å². The molecule has 0 saturated heterocycles. The van der Waals surface area contributed by atoms with Crippen LogP contribution in [0.5, 0.6) is 0 Å². The minimum absolute atomic E-state index is 0.236. The van der Waals surface area contributed by atoms with Crippen LogP contribution >= 0.6 is 11.5 Å². The lowest BCUT2D eigenvalue weighted by atomic mass is 10.2. The van der Waals surface area contributed by atoms with Crippen molar-refractivity contribution in [2.45, 2.75) is 26.3 Å². The number of nitrogens with one attached hydrogen (secondary N) is 1. The highest BCUT2D eigenvalue weighted by Gasteiger charge is 2.16. The first-order valence-electron chi connectivity index (χ1n) is 4.86. The van der Waals surface area contributed by atoms with Crippen molar-refractivity contribution in [3.8, 4) is 0 Å². The van der Waals surface area contributed by atoms with Gasteiger partial charge in [-0.3, -0.25) is 0 Å². The standard InChI is InChI=1S/C9H17N3OS/c1-4-7-9(14-12-11-7)8(6-13-3)10-5-2/h8,10H,4-6H2,1-3H3. The van der Waals surface area contributed by atoms with Gasteiger partial charge in [0.1, 0.15) is 0 Å². The van der Waals surface area contributed by atoms with Gasteiger partial charge >= 0.3 is 0 Å². The number of aromatic nitrogens is 2. The van der Waals surface area contributed by atoms with Crippen molar-refractivity contribution in [1.29, 1.82) is 0 Å². The molecular weight excluding hydrogens is 198 g/mol. The maximum atomic E-state index is 5.17. The molecular formula is C9H17N3OS. The Morgan fingerprint density at radius 1 is 1.50 bits per heavy atom. The Hall–Kier alpha value is -0.520. The first-order valence-corrected chi connectivity index (χ1v) is 5.64. The van der Waals surface area contributed by atoms with Crippen molar-refractivity contribution in [2.24, 2.45) is 0 Å². The minimum Gasteiger partial charge on any atom is -0.383 e. The van der Waals surface area contributed by atoms with E-state index in [4.69, 9.17) is 4.74 Å². The van der Waals surface area contributed by atoms with Crippen molar-refractivity contribution >= 4 is 11.5 Å². The molecule has 0 radical (unpaired) electrons. The summed E-state index contributed by atoms with van der Waals surface area (Å²) in [6, 6.07) is 0.236. The normalized spacial score (nSPS) is 13.1. The zero-order chi connectivity index (χ0) is 10.4. The molecule has 0 aromatic carbocycles. The van der Waals surface area contributed by atoms with E-state index in [0.29, 0.717) is 6.61 Å². The van der Waals surface area contributed by atoms with E-state index in [-0.39, 0.29) is 6.04 Å². The molecule has 0 saturated carbocycles. The molecule has 4 nitrogen and oxygen atoms in total. The Morgan fingerprint density at radius 2 is 2.29 bits per heavy atom. The fraction of sp³-hybridized carbons (Fsp3) is 0.778. The van der Waals surface area contributed by atoms with Crippen LogP contribution in [0, 0.1) is 0 Å². The highest BCUT2D eigenvalue weighted by Crippen LogP contribution is 2.20. The van der Waals surface area contributed by atoms with E-state index >= 15 is 0 Å². The number of aryl methyl sites for hydroxylation is 1. The molecule has 0 aliphatic rings. The monoisotopic (exact) mass is 215 g/mol. The topological polar surface area (TPSA) is 47.0 Å². The van der Waals surface area contributed by atoms with Gasteiger partial charge in [-0.2, -0.15) is 0 Å². The average Bonchev–Trinajstić information content (AvgIpc) is 2.65. The Labute approximate surface area is 88.8 Å². The Bertz CT molecular complexity index is 258. The second kappa shape index (κ2) is 6.06. The van der Waals surface area contributed by atoms with Crippen LogP contribution < -0.4 is 5.32 Å². The van der Waals surface area contributed by atoms with Gasteiger partial charge in [-0.05, 0) is 24.5 Å². The Kier molecular flexibility index (Phi) is 5.00. The number of nitrogens with zero attached hydrogens (tertiary/aromatic N) is 2. The van der Waals surface area contributed by atoms with Crippen LogP contribution in [0.2, 0.25) is 0 Å².